The molecule has 1 atom stereocenters. The molecule has 0 aliphatic rings. The minimum absolute atomic E-state index is 0.487. The summed E-state index contributed by atoms with van der Waals surface area (Å²) in [6, 6.07) is 15.7. The van der Waals surface area contributed by atoms with E-state index in [4.69, 9.17) is 5.73 Å². The molecule has 2 N–H and O–H groups in total. The van der Waals surface area contributed by atoms with Crippen molar-refractivity contribution in [3.63, 3.8) is 0 Å². The summed E-state index contributed by atoms with van der Waals surface area (Å²) in [5, 5.41) is 0. The molecular formula is C15H17NOS. The molecule has 94 valence electrons. The van der Waals surface area contributed by atoms with Crippen LogP contribution in [0.2, 0.25) is 0 Å². The van der Waals surface area contributed by atoms with Gasteiger partial charge in [0, 0.05) is 11.4 Å². The van der Waals surface area contributed by atoms with Crippen LogP contribution >= 0.6 is 0 Å². The number of hydrogen-bond donors (Lipinski definition) is 1. The van der Waals surface area contributed by atoms with Crippen LogP contribution in [0.25, 0.3) is 0 Å². The molecule has 0 saturated heterocycles. The van der Waals surface area contributed by atoms with Gasteiger partial charge >= 0.3 is 0 Å². The predicted molar refractivity (Wildman–Crippen MR) is 75.6 cm³/mol. The van der Waals surface area contributed by atoms with Crippen LogP contribution in [-0.4, -0.2) is 4.21 Å². The van der Waals surface area contributed by atoms with Crippen molar-refractivity contribution in [2.24, 2.45) is 5.73 Å². The van der Waals surface area contributed by atoms with E-state index in [1.165, 1.54) is 0 Å². The van der Waals surface area contributed by atoms with Gasteiger partial charge in [0.2, 0.25) is 0 Å². The van der Waals surface area contributed by atoms with Crippen LogP contribution in [0.5, 0.6) is 0 Å². The lowest BCUT2D eigenvalue weighted by atomic mass is 10.1. The van der Waals surface area contributed by atoms with Crippen molar-refractivity contribution in [1.29, 1.82) is 0 Å². The first-order valence-corrected chi connectivity index (χ1v) is 7.24. The summed E-state index contributed by atoms with van der Waals surface area (Å²) >= 11 is 0. The minimum atomic E-state index is -1.01. The van der Waals surface area contributed by atoms with Gasteiger partial charge in [0.15, 0.2) is 0 Å². The van der Waals surface area contributed by atoms with E-state index >= 15 is 0 Å². The third-order valence-corrected chi connectivity index (χ3v) is 4.23. The molecule has 2 rings (SSSR count). The molecular weight excluding hydrogens is 242 g/mol. The van der Waals surface area contributed by atoms with E-state index in [0.717, 1.165) is 21.6 Å². The summed E-state index contributed by atoms with van der Waals surface area (Å²) in [4.78, 5) is 0.877. The van der Waals surface area contributed by atoms with Crippen molar-refractivity contribution in [2.75, 3.05) is 0 Å². The van der Waals surface area contributed by atoms with Crippen LogP contribution in [0.1, 0.15) is 16.7 Å². The summed E-state index contributed by atoms with van der Waals surface area (Å²) in [6.45, 7) is 2.50. The highest BCUT2D eigenvalue weighted by Crippen LogP contribution is 2.16. The normalized spacial score (nSPS) is 12.3. The van der Waals surface area contributed by atoms with E-state index in [-0.39, 0.29) is 0 Å². The molecule has 2 aromatic rings. The smallest absolute Gasteiger partial charge is 0.0574 e. The fraction of sp³-hybridized carbons (Fsp3) is 0.200. The monoisotopic (exact) mass is 259 g/mol. The lowest BCUT2D eigenvalue weighted by Gasteiger charge is -2.08. The molecule has 3 heteroatoms. The van der Waals surface area contributed by atoms with Gasteiger partial charge in [-0.25, -0.2) is 0 Å². The second-order valence-corrected chi connectivity index (χ2v) is 5.73. The highest BCUT2D eigenvalue weighted by molar-refractivity contribution is 7.84. The predicted octanol–water partition coefficient (Wildman–Crippen LogP) is 2.76. The number of aryl methyl sites for hydroxylation is 1. The molecule has 0 aliphatic heterocycles. The largest absolute Gasteiger partial charge is 0.326 e. The van der Waals surface area contributed by atoms with Gasteiger partial charge in [-0.1, -0.05) is 36.4 Å². The van der Waals surface area contributed by atoms with Crippen LogP contribution in [0, 0.1) is 6.92 Å². The second kappa shape index (κ2) is 5.94. The number of rotatable bonds is 4. The van der Waals surface area contributed by atoms with E-state index in [2.05, 4.69) is 0 Å². The van der Waals surface area contributed by atoms with Crippen LogP contribution in [0.15, 0.2) is 53.4 Å². The van der Waals surface area contributed by atoms with E-state index in [0.29, 0.717) is 12.3 Å². The summed E-state index contributed by atoms with van der Waals surface area (Å²) in [7, 11) is -1.01. The van der Waals surface area contributed by atoms with E-state index in [9.17, 15) is 4.21 Å². The zero-order valence-corrected chi connectivity index (χ0v) is 11.2. The van der Waals surface area contributed by atoms with Gasteiger partial charge in [0.25, 0.3) is 0 Å². The Morgan fingerprint density at radius 2 is 1.78 bits per heavy atom. The lowest BCUT2D eigenvalue weighted by Crippen LogP contribution is -2.04. The Bertz CT molecular complexity index is 566. The van der Waals surface area contributed by atoms with E-state index in [1.807, 2.05) is 55.5 Å². The Hall–Kier alpha value is -1.45. The Kier molecular flexibility index (Phi) is 4.28. The second-order valence-electron chi connectivity index (χ2n) is 4.28. The van der Waals surface area contributed by atoms with Crippen molar-refractivity contribution in [1.82, 2.24) is 0 Å². The molecule has 0 fully saturated rings. The van der Waals surface area contributed by atoms with Crippen molar-refractivity contribution < 1.29 is 4.21 Å². The van der Waals surface area contributed by atoms with Crippen LogP contribution in [0.3, 0.4) is 0 Å². The van der Waals surface area contributed by atoms with Crippen molar-refractivity contribution in [2.45, 2.75) is 24.1 Å². The van der Waals surface area contributed by atoms with Crippen LogP contribution < -0.4 is 5.73 Å². The van der Waals surface area contributed by atoms with Gasteiger partial charge in [0.1, 0.15) is 0 Å². The molecule has 0 spiro atoms. The van der Waals surface area contributed by atoms with Gasteiger partial charge in [-0.15, -0.1) is 0 Å². The highest BCUT2D eigenvalue weighted by atomic mass is 32.2. The molecule has 0 saturated carbocycles. The number of hydrogen-bond acceptors (Lipinski definition) is 2. The van der Waals surface area contributed by atoms with Gasteiger partial charge in [0.05, 0.1) is 16.6 Å². The molecule has 18 heavy (non-hydrogen) atoms. The van der Waals surface area contributed by atoms with Gasteiger partial charge in [-0.05, 0) is 35.7 Å². The average Bonchev–Trinajstić information content (AvgIpc) is 2.39. The quantitative estimate of drug-likeness (QED) is 0.917. The Labute approximate surface area is 110 Å². The SMILES string of the molecule is Cc1cccc(S(=O)Cc2ccccc2CN)c1. The van der Waals surface area contributed by atoms with Crippen molar-refractivity contribution in [3.8, 4) is 0 Å². The first-order chi connectivity index (χ1) is 8.70. The summed E-state index contributed by atoms with van der Waals surface area (Å²) in [5.41, 5.74) is 8.96. The first-order valence-electron chi connectivity index (χ1n) is 5.92. The molecule has 2 aromatic carbocycles. The van der Waals surface area contributed by atoms with Crippen LogP contribution in [0.4, 0.5) is 0 Å². The van der Waals surface area contributed by atoms with Crippen LogP contribution in [-0.2, 0) is 23.1 Å². The maximum absolute atomic E-state index is 12.3. The molecule has 0 heterocycles. The van der Waals surface area contributed by atoms with E-state index in [1.54, 1.807) is 0 Å². The third-order valence-electron chi connectivity index (χ3n) is 2.88. The number of benzene rings is 2. The third kappa shape index (κ3) is 3.06. The molecule has 0 radical (unpaired) electrons. The maximum Gasteiger partial charge on any atom is 0.0574 e. The molecule has 0 aliphatic carbocycles. The molecule has 0 aromatic heterocycles. The fourth-order valence-electron chi connectivity index (χ4n) is 1.88. The zero-order valence-electron chi connectivity index (χ0n) is 10.4. The van der Waals surface area contributed by atoms with Crippen molar-refractivity contribution >= 4 is 10.8 Å². The minimum Gasteiger partial charge on any atom is -0.326 e. The maximum atomic E-state index is 12.3. The summed E-state index contributed by atoms with van der Waals surface area (Å²) in [5.74, 6) is 0.525. The molecule has 0 amide bonds. The van der Waals surface area contributed by atoms with Gasteiger partial charge < -0.3 is 5.73 Å². The standard InChI is InChI=1S/C15H17NOS/c1-12-5-4-8-15(9-12)18(17)11-14-7-3-2-6-13(14)10-16/h2-9H,10-11,16H2,1H3. The Balaban J connectivity index is 2.21. The zero-order chi connectivity index (χ0) is 13.0. The fourth-order valence-corrected chi connectivity index (χ4v) is 3.16. The Morgan fingerprint density at radius 1 is 1.06 bits per heavy atom. The molecule has 0 bridgehead atoms. The highest BCUT2D eigenvalue weighted by Gasteiger charge is 2.07. The van der Waals surface area contributed by atoms with E-state index < -0.39 is 10.8 Å². The lowest BCUT2D eigenvalue weighted by molar-refractivity contribution is 0.682. The summed E-state index contributed by atoms with van der Waals surface area (Å²) in [6.07, 6.45) is 0. The number of nitrogens with two attached hydrogens (primary N) is 1. The molecule has 1 unspecified atom stereocenters. The van der Waals surface area contributed by atoms with Gasteiger partial charge in [-0.3, -0.25) is 4.21 Å². The van der Waals surface area contributed by atoms with Crippen molar-refractivity contribution in [3.05, 3.63) is 65.2 Å². The topological polar surface area (TPSA) is 43.1 Å². The first kappa shape index (κ1) is 13.0. The Morgan fingerprint density at radius 3 is 2.44 bits per heavy atom. The van der Waals surface area contributed by atoms with Gasteiger partial charge in [-0.2, -0.15) is 0 Å². The average molecular weight is 259 g/mol. The molecule has 2 nitrogen and oxygen atoms in total. The summed E-state index contributed by atoms with van der Waals surface area (Å²) < 4.78 is 12.3.